The van der Waals surface area contributed by atoms with Crippen LogP contribution in [0.2, 0.25) is 0 Å². The highest BCUT2D eigenvalue weighted by molar-refractivity contribution is 5.89. The molecule has 4 nitrogen and oxygen atoms in total. The van der Waals surface area contributed by atoms with Gasteiger partial charge in [0.1, 0.15) is 0 Å². The topological polar surface area (TPSA) is 59.4 Å². The van der Waals surface area contributed by atoms with Gasteiger partial charge in [-0.3, -0.25) is 4.98 Å². The van der Waals surface area contributed by atoms with E-state index in [1.54, 1.807) is 25.3 Å². The maximum absolute atomic E-state index is 10.9. The van der Waals surface area contributed by atoms with E-state index in [1.165, 1.54) is 0 Å². The van der Waals surface area contributed by atoms with Crippen molar-refractivity contribution in [2.24, 2.45) is 0 Å². The number of carboxylic acids is 1. The van der Waals surface area contributed by atoms with Crippen LogP contribution in [0.15, 0.2) is 42.5 Å². The van der Waals surface area contributed by atoms with Crippen molar-refractivity contribution in [3.63, 3.8) is 0 Å². The summed E-state index contributed by atoms with van der Waals surface area (Å²) in [6, 6.07) is 12.3. The van der Waals surface area contributed by atoms with Crippen LogP contribution in [0.3, 0.4) is 0 Å². The Hall–Kier alpha value is -2.20. The van der Waals surface area contributed by atoms with Gasteiger partial charge in [0.05, 0.1) is 23.6 Å². The molecule has 1 heterocycles. The number of pyridine rings is 1. The van der Waals surface area contributed by atoms with Crippen LogP contribution in [0.5, 0.6) is 0 Å². The lowest BCUT2D eigenvalue weighted by Crippen LogP contribution is -1.97. The molecule has 92 valence electrons. The molecule has 0 bridgehead atoms. The van der Waals surface area contributed by atoms with Crippen LogP contribution in [0.4, 0.5) is 0 Å². The van der Waals surface area contributed by atoms with Crippen LogP contribution in [-0.2, 0) is 11.3 Å². The van der Waals surface area contributed by atoms with E-state index in [0.29, 0.717) is 6.61 Å². The average molecular weight is 243 g/mol. The molecule has 0 fully saturated rings. The van der Waals surface area contributed by atoms with Crippen LogP contribution in [0.1, 0.15) is 16.1 Å². The first-order chi connectivity index (χ1) is 8.70. The Morgan fingerprint density at radius 2 is 2.06 bits per heavy atom. The van der Waals surface area contributed by atoms with Gasteiger partial charge in [-0.25, -0.2) is 4.79 Å². The Morgan fingerprint density at radius 3 is 2.78 bits per heavy atom. The zero-order valence-corrected chi connectivity index (χ0v) is 9.96. The van der Waals surface area contributed by atoms with Crippen LogP contribution in [0.25, 0.3) is 11.3 Å². The van der Waals surface area contributed by atoms with Crippen molar-refractivity contribution >= 4 is 5.97 Å². The van der Waals surface area contributed by atoms with Gasteiger partial charge in [0.15, 0.2) is 0 Å². The highest BCUT2D eigenvalue weighted by atomic mass is 16.5. The summed E-state index contributed by atoms with van der Waals surface area (Å²) in [6.07, 6.45) is 0. The standard InChI is InChI=1S/C14H13NO3/c1-18-9-12-6-3-7-13(15-12)10-4-2-5-11(8-10)14(16)17/h2-8H,9H2,1H3,(H,16,17). The minimum Gasteiger partial charge on any atom is -0.478 e. The molecule has 1 N–H and O–H groups in total. The van der Waals surface area contributed by atoms with E-state index in [2.05, 4.69) is 4.98 Å². The monoisotopic (exact) mass is 243 g/mol. The lowest BCUT2D eigenvalue weighted by molar-refractivity contribution is 0.0697. The number of ether oxygens (including phenoxy) is 1. The van der Waals surface area contributed by atoms with Crippen LogP contribution < -0.4 is 0 Å². The van der Waals surface area contributed by atoms with E-state index in [-0.39, 0.29) is 5.56 Å². The minimum atomic E-state index is -0.940. The summed E-state index contributed by atoms with van der Waals surface area (Å²) in [7, 11) is 1.61. The van der Waals surface area contributed by atoms with Gasteiger partial charge in [-0.1, -0.05) is 18.2 Å². The summed E-state index contributed by atoms with van der Waals surface area (Å²) in [5.74, 6) is -0.940. The predicted molar refractivity (Wildman–Crippen MR) is 67.3 cm³/mol. The summed E-state index contributed by atoms with van der Waals surface area (Å²) in [6.45, 7) is 0.437. The lowest BCUT2D eigenvalue weighted by Gasteiger charge is -2.05. The third kappa shape index (κ3) is 2.73. The van der Waals surface area contributed by atoms with Crippen molar-refractivity contribution in [3.05, 3.63) is 53.7 Å². The fourth-order valence-electron chi connectivity index (χ4n) is 1.68. The van der Waals surface area contributed by atoms with E-state index in [1.807, 2.05) is 24.3 Å². The van der Waals surface area contributed by atoms with Gasteiger partial charge in [0.25, 0.3) is 0 Å². The zero-order valence-electron chi connectivity index (χ0n) is 9.96. The van der Waals surface area contributed by atoms with Crippen molar-refractivity contribution in [1.82, 2.24) is 4.98 Å². The Morgan fingerprint density at radius 1 is 1.28 bits per heavy atom. The number of aromatic nitrogens is 1. The van der Waals surface area contributed by atoms with Crippen LogP contribution in [-0.4, -0.2) is 23.2 Å². The second-order valence-electron chi connectivity index (χ2n) is 3.83. The molecular weight excluding hydrogens is 230 g/mol. The van der Waals surface area contributed by atoms with Gasteiger partial charge in [0, 0.05) is 12.7 Å². The highest BCUT2D eigenvalue weighted by Crippen LogP contribution is 2.19. The SMILES string of the molecule is COCc1cccc(-c2cccc(C(=O)O)c2)n1. The number of hydrogen-bond donors (Lipinski definition) is 1. The van der Waals surface area contributed by atoms with Gasteiger partial charge in [0.2, 0.25) is 0 Å². The molecule has 18 heavy (non-hydrogen) atoms. The number of benzene rings is 1. The third-order valence-electron chi connectivity index (χ3n) is 2.50. The second kappa shape index (κ2) is 5.42. The van der Waals surface area contributed by atoms with E-state index in [0.717, 1.165) is 17.0 Å². The summed E-state index contributed by atoms with van der Waals surface area (Å²) < 4.78 is 5.02. The highest BCUT2D eigenvalue weighted by Gasteiger charge is 2.06. The fourth-order valence-corrected chi connectivity index (χ4v) is 1.68. The summed E-state index contributed by atoms with van der Waals surface area (Å²) in [4.78, 5) is 15.3. The smallest absolute Gasteiger partial charge is 0.335 e. The first-order valence-electron chi connectivity index (χ1n) is 5.49. The van der Waals surface area contributed by atoms with Crippen molar-refractivity contribution in [1.29, 1.82) is 0 Å². The van der Waals surface area contributed by atoms with E-state index in [9.17, 15) is 4.79 Å². The summed E-state index contributed by atoms with van der Waals surface area (Å²) in [5.41, 5.74) is 2.60. The summed E-state index contributed by atoms with van der Waals surface area (Å²) >= 11 is 0. The molecule has 0 saturated carbocycles. The van der Waals surface area contributed by atoms with Crippen LogP contribution >= 0.6 is 0 Å². The lowest BCUT2D eigenvalue weighted by atomic mass is 10.1. The molecule has 0 amide bonds. The third-order valence-corrected chi connectivity index (χ3v) is 2.50. The Kier molecular flexibility index (Phi) is 3.69. The Bertz CT molecular complexity index is 566. The molecule has 1 aromatic heterocycles. The molecule has 0 aliphatic carbocycles. The van der Waals surface area contributed by atoms with Gasteiger partial charge in [-0.2, -0.15) is 0 Å². The maximum Gasteiger partial charge on any atom is 0.335 e. The fraction of sp³-hybridized carbons (Fsp3) is 0.143. The van der Waals surface area contributed by atoms with Crippen molar-refractivity contribution < 1.29 is 14.6 Å². The normalized spacial score (nSPS) is 10.3. The molecule has 2 rings (SSSR count). The van der Waals surface area contributed by atoms with Crippen molar-refractivity contribution in [3.8, 4) is 11.3 Å². The first kappa shape index (κ1) is 12.3. The zero-order chi connectivity index (χ0) is 13.0. The molecule has 1 aromatic carbocycles. The van der Waals surface area contributed by atoms with Gasteiger partial charge in [-0.15, -0.1) is 0 Å². The molecule has 0 atom stereocenters. The molecule has 0 radical (unpaired) electrons. The van der Waals surface area contributed by atoms with Gasteiger partial charge in [-0.05, 0) is 24.3 Å². The first-order valence-corrected chi connectivity index (χ1v) is 5.49. The van der Waals surface area contributed by atoms with Crippen molar-refractivity contribution in [2.75, 3.05) is 7.11 Å². The van der Waals surface area contributed by atoms with Crippen molar-refractivity contribution in [2.45, 2.75) is 6.61 Å². The number of carbonyl (C=O) groups is 1. The number of rotatable bonds is 4. The Balaban J connectivity index is 2.38. The van der Waals surface area contributed by atoms with Crippen LogP contribution in [0, 0.1) is 0 Å². The maximum atomic E-state index is 10.9. The van der Waals surface area contributed by atoms with Gasteiger partial charge < -0.3 is 9.84 Å². The number of carboxylic acid groups (broad SMARTS) is 1. The molecule has 0 aliphatic heterocycles. The average Bonchev–Trinajstić information content (AvgIpc) is 2.39. The van der Waals surface area contributed by atoms with Gasteiger partial charge >= 0.3 is 5.97 Å². The predicted octanol–water partition coefficient (Wildman–Crippen LogP) is 2.59. The quantitative estimate of drug-likeness (QED) is 0.896. The van der Waals surface area contributed by atoms with E-state index in [4.69, 9.17) is 9.84 Å². The Labute approximate surface area is 105 Å². The summed E-state index contributed by atoms with van der Waals surface area (Å²) in [5, 5.41) is 8.95. The molecule has 0 aliphatic rings. The molecule has 4 heteroatoms. The molecular formula is C14H13NO3. The molecule has 0 saturated heterocycles. The number of methoxy groups -OCH3 is 1. The number of nitrogens with zero attached hydrogens (tertiary/aromatic N) is 1. The number of hydrogen-bond acceptors (Lipinski definition) is 3. The molecule has 2 aromatic rings. The largest absolute Gasteiger partial charge is 0.478 e. The molecule has 0 spiro atoms. The van der Waals surface area contributed by atoms with E-state index < -0.39 is 5.97 Å². The molecule has 0 unspecified atom stereocenters. The number of aromatic carboxylic acids is 1. The van der Waals surface area contributed by atoms with E-state index >= 15 is 0 Å². The minimum absolute atomic E-state index is 0.256. The second-order valence-corrected chi connectivity index (χ2v) is 3.83.